The van der Waals surface area contributed by atoms with Crippen molar-refractivity contribution in [1.29, 1.82) is 0 Å². The van der Waals surface area contributed by atoms with Crippen molar-refractivity contribution < 1.29 is 13.9 Å². The van der Waals surface area contributed by atoms with Crippen molar-refractivity contribution in [2.45, 2.75) is 6.42 Å². The molecule has 1 unspecified atom stereocenters. The number of halogens is 2. The molecule has 140 valence electrons. The van der Waals surface area contributed by atoms with Crippen molar-refractivity contribution in [2.24, 2.45) is 5.92 Å². The van der Waals surface area contributed by atoms with Crippen molar-refractivity contribution >= 4 is 23.4 Å². The highest BCUT2D eigenvalue weighted by Gasteiger charge is 2.14. The fourth-order valence-corrected chi connectivity index (χ4v) is 3.76. The van der Waals surface area contributed by atoms with Gasteiger partial charge in [0.1, 0.15) is 18.0 Å². The molecule has 2 N–H and O–H groups in total. The third-order valence-corrected chi connectivity index (χ3v) is 5.27. The normalized spacial score (nSPS) is 15.7. The van der Waals surface area contributed by atoms with E-state index in [1.807, 2.05) is 17.8 Å². The second-order valence-electron chi connectivity index (χ2n) is 6.24. The predicted molar refractivity (Wildman–Crippen MR) is 101 cm³/mol. The van der Waals surface area contributed by atoms with Crippen LogP contribution in [-0.2, 0) is 6.42 Å². The summed E-state index contributed by atoms with van der Waals surface area (Å²) >= 11 is 1.94. The Morgan fingerprint density at radius 3 is 2.69 bits per heavy atom. The van der Waals surface area contributed by atoms with Crippen LogP contribution in [0.25, 0.3) is 0 Å². The van der Waals surface area contributed by atoms with Gasteiger partial charge in [-0.2, -0.15) is 11.8 Å². The molecule has 1 saturated heterocycles. The van der Waals surface area contributed by atoms with Gasteiger partial charge in [-0.25, -0.2) is 18.7 Å². The number of anilines is 2. The highest BCUT2D eigenvalue weighted by Crippen LogP contribution is 2.19. The Labute approximate surface area is 155 Å². The number of benzene rings is 1. The van der Waals surface area contributed by atoms with Gasteiger partial charge in [-0.1, -0.05) is 6.07 Å². The molecular weight excluding hydrogens is 358 g/mol. The summed E-state index contributed by atoms with van der Waals surface area (Å²) in [5, 5.41) is 12.8. The lowest BCUT2D eigenvalue weighted by atomic mass is 10.00. The van der Waals surface area contributed by atoms with E-state index in [4.69, 9.17) is 0 Å². The molecule has 1 aliphatic rings. The molecular formula is C18H22F2N4OS. The summed E-state index contributed by atoms with van der Waals surface area (Å²) < 4.78 is 26.4. The zero-order valence-electron chi connectivity index (χ0n) is 14.4. The molecule has 1 aliphatic heterocycles. The summed E-state index contributed by atoms with van der Waals surface area (Å²) in [7, 11) is 0. The van der Waals surface area contributed by atoms with Crippen molar-refractivity contribution in [3.05, 3.63) is 47.8 Å². The largest absolute Gasteiger partial charge is 0.396 e. The second-order valence-corrected chi connectivity index (χ2v) is 7.47. The van der Waals surface area contributed by atoms with Crippen LogP contribution in [0.2, 0.25) is 0 Å². The van der Waals surface area contributed by atoms with E-state index in [1.165, 1.54) is 18.5 Å². The molecule has 0 radical (unpaired) electrons. The van der Waals surface area contributed by atoms with Gasteiger partial charge < -0.3 is 15.3 Å². The lowest BCUT2D eigenvalue weighted by molar-refractivity contribution is 0.232. The molecule has 1 atom stereocenters. The number of aromatic nitrogens is 2. The fourth-order valence-electron chi connectivity index (χ4n) is 2.86. The number of thioether (sulfide) groups is 1. The number of aliphatic hydroxyl groups is 1. The molecule has 8 heteroatoms. The number of nitrogens with zero attached hydrogens (tertiary/aromatic N) is 3. The first-order valence-electron chi connectivity index (χ1n) is 8.59. The number of rotatable bonds is 7. The first-order valence-corrected chi connectivity index (χ1v) is 9.74. The summed E-state index contributed by atoms with van der Waals surface area (Å²) in [5.74, 6) is 1.90. The highest BCUT2D eigenvalue weighted by molar-refractivity contribution is 7.99. The van der Waals surface area contributed by atoms with Crippen molar-refractivity contribution in [1.82, 2.24) is 9.97 Å². The predicted octanol–water partition coefficient (Wildman–Crippen LogP) is 2.57. The Morgan fingerprint density at radius 1 is 1.15 bits per heavy atom. The lowest BCUT2D eigenvalue weighted by Gasteiger charge is -2.27. The van der Waals surface area contributed by atoms with Crippen LogP contribution in [0.3, 0.4) is 0 Å². The Kier molecular flexibility index (Phi) is 6.62. The molecule has 26 heavy (non-hydrogen) atoms. The molecule has 2 aromatic rings. The van der Waals surface area contributed by atoms with Crippen LogP contribution in [0.4, 0.5) is 20.4 Å². The molecule has 5 nitrogen and oxygen atoms in total. The Morgan fingerprint density at radius 2 is 1.96 bits per heavy atom. The number of hydrogen-bond acceptors (Lipinski definition) is 6. The maximum Gasteiger partial charge on any atom is 0.159 e. The van der Waals surface area contributed by atoms with Gasteiger partial charge >= 0.3 is 0 Å². The third-order valence-electron chi connectivity index (χ3n) is 4.33. The number of aliphatic hydroxyl groups excluding tert-OH is 1. The number of nitrogens with one attached hydrogen (secondary N) is 1. The van der Waals surface area contributed by atoms with E-state index in [-0.39, 0.29) is 12.5 Å². The van der Waals surface area contributed by atoms with Crippen LogP contribution in [0.1, 0.15) is 5.56 Å². The fraction of sp³-hybridized carbons (Fsp3) is 0.444. The quantitative estimate of drug-likeness (QED) is 0.770. The van der Waals surface area contributed by atoms with Gasteiger partial charge in [0.15, 0.2) is 11.6 Å². The second kappa shape index (κ2) is 9.14. The maximum atomic E-state index is 13.3. The van der Waals surface area contributed by atoms with E-state index in [2.05, 4.69) is 20.2 Å². The highest BCUT2D eigenvalue weighted by atomic mass is 32.2. The molecule has 1 aromatic heterocycles. The average Bonchev–Trinajstić information content (AvgIpc) is 2.69. The van der Waals surface area contributed by atoms with Gasteiger partial charge in [0.05, 0.1) is 0 Å². The Bertz CT molecular complexity index is 728. The molecule has 1 fully saturated rings. The van der Waals surface area contributed by atoms with Crippen molar-refractivity contribution in [3.8, 4) is 0 Å². The minimum atomic E-state index is -0.868. The first kappa shape index (κ1) is 18.8. The van der Waals surface area contributed by atoms with Crippen LogP contribution in [0.15, 0.2) is 30.6 Å². The average molecular weight is 380 g/mol. The summed E-state index contributed by atoms with van der Waals surface area (Å²) in [6, 6.07) is 5.73. The number of hydrogen-bond donors (Lipinski definition) is 2. The summed E-state index contributed by atoms with van der Waals surface area (Å²) in [4.78, 5) is 10.8. The van der Waals surface area contributed by atoms with E-state index >= 15 is 0 Å². The molecule has 0 spiro atoms. The van der Waals surface area contributed by atoms with Crippen molar-refractivity contribution in [2.75, 3.05) is 48.0 Å². The molecule has 0 amide bonds. The van der Waals surface area contributed by atoms with Gasteiger partial charge in [-0.15, -0.1) is 0 Å². The minimum absolute atomic E-state index is 0.0622. The summed E-state index contributed by atoms with van der Waals surface area (Å²) in [6.45, 7) is 2.35. The van der Waals surface area contributed by atoms with E-state index in [9.17, 15) is 13.9 Å². The molecule has 0 saturated carbocycles. The molecule has 2 heterocycles. The molecule has 0 bridgehead atoms. The van der Waals surface area contributed by atoms with Gasteiger partial charge in [0.25, 0.3) is 0 Å². The zero-order valence-corrected chi connectivity index (χ0v) is 15.2. The monoisotopic (exact) mass is 380 g/mol. The van der Waals surface area contributed by atoms with E-state index in [0.717, 1.165) is 36.5 Å². The Hall–Kier alpha value is -1.93. The van der Waals surface area contributed by atoms with Crippen LogP contribution in [-0.4, -0.2) is 52.8 Å². The topological polar surface area (TPSA) is 61.3 Å². The summed E-state index contributed by atoms with van der Waals surface area (Å²) in [5.41, 5.74) is 0.652. The van der Waals surface area contributed by atoms with Gasteiger partial charge in [-0.3, -0.25) is 0 Å². The lowest BCUT2D eigenvalue weighted by Crippen LogP contribution is -2.33. The van der Waals surface area contributed by atoms with Crippen molar-refractivity contribution in [3.63, 3.8) is 0 Å². The Balaban J connectivity index is 1.58. The van der Waals surface area contributed by atoms with Crippen LogP contribution < -0.4 is 10.2 Å². The third kappa shape index (κ3) is 5.04. The summed E-state index contributed by atoms with van der Waals surface area (Å²) in [6.07, 6.45) is 1.98. The zero-order chi connectivity index (χ0) is 18.4. The van der Waals surface area contributed by atoms with E-state index in [0.29, 0.717) is 24.3 Å². The van der Waals surface area contributed by atoms with Crippen LogP contribution in [0.5, 0.6) is 0 Å². The minimum Gasteiger partial charge on any atom is -0.396 e. The SMILES string of the molecule is OCC(CNc1cc(N2CCSCC2)ncn1)Cc1ccc(F)c(F)c1. The molecule has 3 rings (SSSR count). The van der Waals surface area contributed by atoms with E-state index < -0.39 is 11.6 Å². The van der Waals surface area contributed by atoms with Gasteiger partial charge in [0.2, 0.25) is 0 Å². The van der Waals surface area contributed by atoms with Crippen LogP contribution in [0, 0.1) is 17.6 Å². The maximum absolute atomic E-state index is 13.3. The van der Waals surface area contributed by atoms with Gasteiger partial charge in [-0.05, 0) is 24.1 Å². The standard InChI is InChI=1S/C18H22F2N4OS/c19-15-2-1-13(8-16(15)20)7-14(11-25)10-21-17-9-18(23-12-22-17)24-3-5-26-6-4-24/h1-2,8-9,12,14,25H,3-7,10-11H2,(H,21,22,23). The first-order chi connectivity index (χ1) is 12.7. The molecule has 1 aromatic carbocycles. The van der Waals surface area contributed by atoms with Gasteiger partial charge in [0, 0.05) is 49.7 Å². The van der Waals surface area contributed by atoms with Crippen LogP contribution >= 0.6 is 11.8 Å². The smallest absolute Gasteiger partial charge is 0.159 e. The molecule has 0 aliphatic carbocycles. The van der Waals surface area contributed by atoms with E-state index in [1.54, 1.807) is 0 Å².